The summed E-state index contributed by atoms with van der Waals surface area (Å²) in [7, 11) is 1.34. The van der Waals surface area contributed by atoms with Crippen molar-refractivity contribution >= 4 is 17.4 Å². The van der Waals surface area contributed by atoms with Gasteiger partial charge in [-0.15, -0.1) is 0 Å². The van der Waals surface area contributed by atoms with Crippen LogP contribution in [0.25, 0.3) is 5.70 Å². The van der Waals surface area contributed by atoms with Gasteiger partial charge in [0, 0.05) is 28.3 Å². The van der Waals surface area contributed by atoms with Crippen LogP contribution in [-0.2, 0) is 9.53 Å². The molecule has 0 aromatic heterocycles. The van der Waals surface area contributed by atoms with Gasteiger partial charge in [0.25, 0.3) is 0 Å². The highest BCUT2D eigenvalue weighted by molar-refractivity contribution is 6.23. The summed E-state index contributed by atoms with van der Waals surface area (Å²) >= 11 is 0. The summed E-state index contributed by atoms with van der Waals surface area (Å²) in [6.45, 7) is 8.16. The molecule has 2 aromatic rings. The van der Waals surface area contributed by atoms with Crippen molar-refractivity contribution in [1.29, 1.82) is 0 Å². The first-order valence-electron chi connectivity index (χ1n) is 10.5. The van der Waals surface area contributed by atoms with Crippen molar-refractivity contribution in [3.8, 4) is 11.5 Å². The summed E-state index contributed by atoms with van der Waals surface area (Å²) < 4.78 is 16.6. The molecule has 2 aromatic carbocycles. The lowest BCUT2D eigenvalue weighted by Crippen LogP contribution is -2.29. The minimum Gasteiger partial charge on any atom is -0.490 e. The van der Waals surface area contributed by atoms with Gasteiger partial charge in [-0.2, -0.15) is 0 Å². The lowest BCUT2D eigenvalue weighted by molar-refractivity contribution is -0.136. The number of hydrogen-bond acceptors (Lipinski definition) is 6. The van der Waals surface area contributed by atoms with Gasteiger partial charge in [-0.05, 0) is 31.5 Å². The van der Waals surface area contributed by atoms with Crippen LogP contribution in [0, 0.1) is 0 Å². The standard InChI is InChI=1S/C26H25NO5/c1-5-13-32-19-12-11-16(14-20(19)31-6-2)22-21(26(29)30-4)15(3)27-24-17-9-7-8-10-18(17)25(28)23(22)24/h5,7-12,14,22,27H,1,6,13H2,2-4H3/t22-/m1/s1. The van der Waals surface area contributed by atoms with Gasteiger partial charge in [-0.1, -0.05) is 43.0 Å². The Morgan fingerprint density at radius 1 is 1.12 bits per heavy atom. The van der Waals surface area contributed by atoms with Crippen LogP contribution < -0.4 is 14.8 Å². The first-order valence-corrected chi connectivity index (χ1v) is 10.5. The fourth-order valence-corrected chi connectivity index (χ4v) is 4.28. The zero-order chi connectivity index (χ0) is 22.8. The number of nitrogens with one attached hydrogen (secondary N) is 1. The van der Waals surface area contributed by atoms with E-state index < -0.39 is 11.9 Å². The summed E-state index contributed by atoms with van der Waals surface area (Å²) in [5, 5.41) is 3.28. The summed E-state index contributed by atoms with van der Waals surface area (Å²) in [5.41, 5.74) is 4.49. The number of allylic oxidation sites excluding steroid dienone is 2. The lowest BCUT2D eigenvalue weighted by atomic mass is 9.79. The van der Waals surface area contributed by atoms with Crippen molar-refractivity contribution in [2.24, 2.45) is 0 Å². The van der Waals surface area contributed by atoms with Gasteiger partial charge in [0.15, 0.2) is 17.3 Å². The molecule has 0 unspecified atom stereocenters. The van der Waals surface area contributed by atoms with Gasteiger partial charge in [0.05, 0.1) is 25.0 Å². The van der Waals surface area contributed by atoms with E-state index in [0.717, 1.165) is 16.8 Å². The molecular weight excluding hydrogens is 406 g/mol. The number of methoxy groups -OCH3 is 1. The van der Waals surface area contributed by atoms with E-state index in [1.165, 1.54) is 7.11 Å². The number of ether oxygens (including phenoxy) is 3. The van der Waals surface area contributed by atoms with Crippen molar-refractivity contribution in [2.45, 2.75) is 19.8 Å². The molecule has 0 radical (unpaired) electrons. The molecule has 0 saturated heterocycles. The molecule has 6 heteroatoms. The zero-order valence-electron chi connectivity index (χ0n) is 18.4. The second-order valence-corrected chi connectivity index (χ2v) is 7.49. The number of rotatable bonds is 7. The summed E-state index contributed by atoms with van der Waals surface area (Å²) in [5.74, 6) is -0.0872. The van der Waals surface area contributed by atoms with Crippen LogP contribution in [0.2, 0.25) is 0 Å². The SMILES string of the molecule is C=CCOc1ccc([C@@H]2C(C(=O)OC)=C(C)NC3=C2C(=O)c2ccccc23)cc1OCC. The molecule has 1 aliphatic heterocycles. The minimum atomic E-state index is -0.605. The molecule has 32 heavy (non-hydrogen) atoms. The van der Waals surface area contributed by atoms with E-state index in [1.54, 1.807) is 18.2 Å². The van der Waals surface area contributed by atoms with E-state index in [1.807, 2.05) is 44.2 Å². The molecule has 1 aliphatic carbocycles. The van der Waals surface area contributed by atoms with Gasteiger partial charge in [-0.25, -0.2) is 4.79 Å². The molecule has 1 atom stereocenters. The smallest absolute Gasteiger partial charge is 0.336 e. The van der Waals surface area contributed by atoms with Gasteiger partial charge < -0.3 is 19.5 Å². The second kappa shape index (κ2) is 8.75. The summed E-state index contributed by atoms with van der Waals surface area (Å²) in [6, 6.07) is 12.9. The molecule has 2 aliphatic rings. The van der Waals surface area contributed by atoms with E-state index >= 15 is 0 Å². The van der Waals surface area contributed by atoms with Crippen LogP contribution in [0.4, 0.5) is 0 Å². The second-order valence-electron chi connectivity index (χ2n) is 7.49. The number of carbonyl (C=O) groups is 2. The Hall–Kier alpha value is -3.80. The molecule has 0 saturated carbocycles. The number of carbonyl (C=O) groups excluding carboxylic acids is 2. The Kier molecular flexibility index (Phi) is 5.86. The molecule has 164 valence electrons. The molecule has 0 fully saturated rings. The van der Waals surface area contributed by atoms with E-state index in [4.69, 9.17) is 14.2 Å². The predicted octanol–water partition coefficient (Wildman–Crippen LogP) is 4.39. The normalized spacial score (nSPS) is 16.8. The Morgan fingerprint density at radius 3 is 2.56 bits per heavy atom. The Bertz CT molecular complexity index is 1170. The van der Waals surface area contributed by atoms with Crippen molar-refractivity contribution in [3.63, 3.8) is 0 Å². The Morgan fingerprint density at radius 2 is 1.88 bits per heavy atom. The third-order valence-corrected chi connectivity index (χ3v) is 5.61. The minimum absolute atomic E-state index is 0.105. The molecule has 6 nitrogen and oxygen atoms in total. The van der Waals surface area contributed by atoms with Gasteiger partial charge in [0.1, 0.15) is 6.61 Å². The van der Waals surface area contributed by atoms with E-state index in [2.05, 4.69) is 11.9 Å². The number of ketones is 1. The summed E-state index contributed by atoms with van der Waals surface area (Å²) in [6.07, 6.45) is 1.66. The predicted molar refractivity (Wildman–Crippen MR) is 122 cm³/mol. The average molecular weight is 431 g/mol. The van der Waals surface area contributed by atoms with E-state index in [0.29, 0.717) is 47.1 Å². The molecule has 0 spiro atoms. The zero-order valence-corrected chi connectivity index (χ0v) is 18.4. The maximum Gasteiger partial charge on any atom is 0.336 e. The average Bonchev–Trinajstić information content (AvgIpc) is 3.09. The van der Waals surface area contributed by atoms with E-state index in [9.17, 15) is 9.59 Å². The number of Topliss-reactive ketones (excluding diaryl/α,β-unsaturated/α-hetero) is 1. The van der Waals surface area contributed by atoms with Gasteiger partial charge in [0.2, 0.25) is 0 Å². The molecule has 0 bridgehead atoms. The number of fused-ring (bicyclic) bond motifs is 2. The van der Waals surface area contributed by atoms with Crippen LogP contribution >= 0.6 is 0 Å². The molecule has 4 rings (SSSR count). The third kappa shape index (κ3) is 3.47. The van der Waals surface area contributed by atoms with Crippen LogP contribution in [0.1, 0.15) is 41.3 Å². The Balaban J connectivity index is 1.90. The lowest BCUT2D eigenvalue weighted by Gasteiger charge is -2.29. The molecule has 1 N–H and O–H groups in total. The highest BCUT2D eigenvalue weighted by atomic mass is 16.5. The fourth-order valence-electron chi connectivity index (χ4n) is 4.28. The maximum absolute atomic E-state index is 13.5. The molecule has 0 amide bonds. The number of benzene rings is 2. The molecular formula is C26H25NO5. The first-order chi connectivity index (χ1) is 15.5. The monoisotopic (exact) mass is 431 g/mol. The Labute approximate surface area is 187 Å². The maximum atomic E-state index is 13.5. The highest BCUT2D eigenvalue weighted by Crippen LogP contribution is 2.47. The summed E-state index contributed by atoms with van der Waals surface area (Å²) in [4.78, 5) is 26.3. The van der Waals surface area contributed by atoms with Crippen LogP contribution in [0.15, 0.2) is 72.0 Å². The topological polar surface area (TPSA) is 73.9 Å². The number of esters is 1. The van der Waals surface area contributed by atoms with Gasteiger partial charge in [-0.3, -0.25) is 4.79 Å². The largest absolute Gasteiger partial charge is 0.490 e. The number of hydrogen-bond donors (Lipinski definition) is 1. The van der Waals surface area contributed by atoms with Crippen molar-refractivity contribution in [1.82, 2.24) is 5.32 Å². The van der Waals surface area contributed by atoms with Crippen LogP contribution in [0.5, 0.6) is 11.5 Å². The van der Waals surface area contributed by atoms with Crippen molar-refractivity contribution < 1.29 is 23.8 Å². The first kappa shape index (κ1) is 21.4. The molecule has 1 heterocycles. The highest BCUT2D eigenvalue weighted by Gasteiger charge is 2.43. The fraction of sp³-hybridized carbons (Fsp3) is 0.231. The van der Waals surface area contributed by atoms with Crippen LogP contribution in [-0.4, -0.2) is 32.1 Å². The third-order valence-electron chi connectivity index (χ3n) is 5.61. The van der Waals surface area contributed by atoms with E-state index in [-0.39, 0.29) is 5.78 Å². The van der Waals surface area contributed by atoms with Crippen molar-refractivity contribution in [2.75, 3.05) is 20.3 Å². The van der Waals surface area contributed by atoms with Crippen LogP contribution in [0.3, 0.4) is 0 Å². The quantitative estimate of drug-likeness (QED) is 0.518. The van der Waals surface area contributed by atoms with Crippen molar-refractivity contribution in [3.05, 3.63) is 88.7 Å². The van der Waals surface area contributed by atoms with Gasteiger partial charge >= 0.3 is 5.97 Å². The number of dihydropyridines is 1.